The molecule has 0 fully saturated rings. The van der Waals surface area contributed by atoms with Gasteiger partial charge < -0.3 is 9.47 Å². The van der Waals surface area contributed by atoms with Gasteiger partial charge in [0.1, 0.15) is 5.56 Å². The molecule has 0 aromatic carbocycles. The third-order valence-corrected chi connectivity index (χ3v) is 2.54. The van der Waals surface area contributed by atoms with Crippen molar-refractivity contribution >= 4 is 11.9 Å². The first-order valence-electron chi connectivity index (χ1n) is 6.21. The van der Waals surface area contributed by atoms with Gasteiger partial charge in [0.15, 0.2) is 5.92 Å². The standard InChI is InChI=1S/C13H14F3NO4/c1-3-8(11(18)20-4-2)12(19)21-10-9(13(14,15)16)6-5-7-17-10/h5-8H,3-4H2,1-2H3. The summed E-state index contributed by atoms with van der Waals surface area (Å²) >= 11 is 0. The van der Waals surface area contributed by atoms with E-state index in [4.69, 9.17) is 0 Å². The summed E-state index contributed by atoms with van der Waals surface area (Å²) in [7, 11) is 0. The summed E-state index contributed by atoms with van der Waals surface area (Å²) in [6, 6.07) is 1.81. The van der Waals surface area contributed by atoms with Crippen molar-refractivity contribution in [1.82, 2.24) is 4.98 Å². The second-order valence-corrected chi connectivity index (χ2v) is 3.99. The van der Waals surface area contributed by atoms with Gasteiger partial charge in [-0.05, 0) is 25.5 Å². The third-order valence-electron chi connectivity index (χ3n) is 2.54. The molecule has 0 bridgehead atoms. The van der Waals surface area contributed by atoms with Crippen molar-refractivity contribution in [2.45, 2.75) is 26.4 Å². The number of aromatic nitrogens is 1. The van der Waals surface area contributed by atoms with E-state index in [2.05, 4.69) is 14.5 Å². The Hall–Kier alpha value is -2.12. The van der Waals surface area contributed by atoms with Gasteiger partial charge in [-0.3, -0.25) is 9.59 Å². The Balaban J connectivity index is 2.95. The van der Waals surface area contributed by atoms with Crippen LogP contribution >= 0.6 is 0 Å². The zero-order chi connectivity index (χ0) is 16.0. The highest BCUT2D eigenvalue weighted by molar-refractivity contribution is 5.95. The van der Waals surface area contributed by atoms with Crippen LogP contribution in [0.5, 0.6) is 5.88 Å². The molecule has 0 aliphatic rings. The Kier molecular flexibility index (Phi) is 5.69. The highest BCUT2D eigenvalue weighted by Gasteiger charge is 2.37. The minimum Gasteiger partial charge on any atom is -0.465 e. The van der Waals surface area contributed by atoms with Crippen LogP contribution in [-0.4, -0.2) is 23.5 Å². The summed E-state index contributed by atoms with van der Waals surface area (Å²) in [4.78, 5) is 26.7. The number of pyridine rings is 1. The molecule has 5 nitrogen and oxygen atoms in total. The molecule has 1 aromatic heterocycles. The molecule has 1 atom stereocenters. The molecule has 0 N–H and O–H groups in total. The van der Waals surface area contributed by atoms with Crippen molar-refractivity contribution in [1.29, 1.82) is 0 Å². The Labute approximate surface area is 119 Å². The van der Waals surface area contributed by atoms with Gasteiger partial charge in [-0.2, -0.15) is 13.2 Å². The van der Waals surface area contributed by atoms with Crippen molar-refractivity contribution in [2.75, 3.05) is 6.61 Å². The molecular formula is C13H14F3NO4. The van der Waals surface area contributed by atoms with Crippen LogP contribution in [0.25, 0.3) is 0 Å². The normalized spacial score (nSPS) is 12.6. The van der Waals surface area contributed by atoms with E-state index in [0.29, 0.717) is 0 Å². The van der Waals surface area contributed by atoms with Gasteiger partial charge in [-0.25, -0.2) is 4.98 Å². The number of nitrogens with zero attached hydrogens (tertiary/aromatic N) is 1. The van der Waals surface area contributed by atoms with Gasteiger partial charge in [0.2, 0.25) is 5.88 Å². The summed E-state index contributed by atoms with van der Waals surface area (Å²) in [6.45, 7) is 3.13. The fourth-order valence-corrected chi connectivity index (χ4v) is 1.53. The minimum atomic E-state index is -4.71. The van der Waals surface area contributed by atoms with E-state index in [1.54, 1.807) is 6.92 Å². The molecule has 0 spiro atoms. The van der Waals surface area contributed by atoms with Gasteiger partial charge in [0.25, 0.3) is 0 Å². The lowest BCUT2D eigenvalue weighted by Gasteiger charge is -2.15. The average molecular weight is 305 g/mol. The van der Waals surface area contributed by atoms with E-state index in [0.717, 1.165) is 18.3 Å². The molecule has 1 unspecified atom stereocenters. The fraction of sp³-hybridized carbons (Fsp3) is 0.462. The smallest absolute Gasteiger partial charge is 0.421 e. The van der Waals surface area contributed by atoms with Crippen LogP contribution in [0.15, 0.2) is 18.3 Å². The van der Waals surface area contributed by atoms with Crippen molar-refractivity contribution in [3.05, 3.63) is 23.9 Å². The Morgan fingerprint density at radius 2 is 1.95 bits per heavy atom. The number of ether oxygens (including phenoxy) is 2. The molecule has 116 valence electrons. The number of esters is 2. The van der Waals surface area contributed by atoms with E-state index in [1.165, 1.54) is 6.92 Å². The molecule has 0 saturated carbocycles. The van der Waals surface area contributed by atoms with Crippen LogP contribution < -0.4 is 4.74 Å². The van der Waals surface area contributed by atoms with Crippen LogP contribution in [0.2, 0.25) is 0 Å². The maximum Gasteiger partial charge on any atom is 0.421 e. The summed E-state index contributed by atoms with van der Waals surface area (Å²) in [5, 5.41) is 0. The fourth-order valence-electron chi connectivity index (χ4n) is 1.53. The van der Waals surface area contributed by atoms with Gasteiger partial charge in [-0.1, -0.05) is 6.92 Å². The summed E-state index contributed by atoms with van der Waals surface area (Å²) in [5.41, 5.74) is -1.18. The molecule has 0 amide bonds. The maximum atomic E-state index is 12.7. The highest BCUT2D eigenvalue weighted by Crippen LogP contribution is 2.34. The van der Waals surface area contributed by atoms with E-state index in [-0.39, 0.29) is 13.0 Å². The summed E-state index contributed by atoms with van der Waals surface area (Å²) in [5.74, 6) is -4.12. The lowest BCUT2D eigenvalue weighted by molar-refractivity contribution is -0.157. The third kappa shape index (κ3) is 4.44. The van der Waals surface area contributed by atoms with E-state index in [1.807, 2.05) is 0 Å². The first-order chi connectivity index (χ1) is 9.81. The minimum absolute atomic E-state index is 0.0475. The van der Waals surface area contributed by atoms with Crippen molar-refractivity contribution in [2.24, 2.45) is 5.92 Å². The number of halogens is 3. The van der Waals surface area contributed by atoms with Gasteiger partial charge in [-0.15, -0.1) is 0 Å². The van der Waals surface area contributed by atoms with Gasteiger partial charge in [0, 0.05) is 6.20 Å². The maximum absolute atomic E-state index is 12.7. The average Bonchev–Trinajstić information content (AvgIpc) is 2.39. The molecule has 0 radical (unpaired) electrons. The summed E-state index contributed by atoms with van der Waals surface area (Å²) < 4.78 is 47.5. The summed E-state index contributed by atoms with van der Waals surface area (Å²) in [6.07, 6.45) is -3.61. The lowest BCUT2D eigenvalue weighted by Crippen LogP contribution is -2.30. The number of alkyl halides is 3. The van der Waals surface area contributed by atoms with Crippen molar-refractivity contribution in [3.63, 3.8) is 0 Å². The molecule has 8 heteroatoms. The largest absolute Gasteiger partial charge is 0.465 e. The second-order valence-electron chi connectivity index (χ2n) is 3.99. The molecular weight excluding hydrogens is 291 g/mol. The number of carbonyl (C=O) groups is 2. The van der Waals surface area contributed by atoms with Gasteiger partial charge >= 0.3 is 18.1 Å². The van der Waals surface area contributed by atoms with Crippen molar-refractivity contribution < 1.29 is 32.2 Å². The topological polar surface area (TPSA) is 65.5 Å². The molecule has 0 aliphatic heterocycles. The molecule has 1 rings (SSSR count). The monoisotopic (exact) mass is 305 g/mol. The molecule has 1 heterocycles. The van der Waals surface area contributed by atoms with E-state index in [9.17, 15) is 22.8 Å². The van der Waals surface area contributed by atoms with E-state index < -0.39 is 35.5 Å². The Bertz CT molecular complexity index is 516. The van der Waals surface area contributed by atoms with Gasteiger partial charge in [0.05, 0.1) is 6.61 Å². The van der Waals surface area contributed by atoms with Crippen LogP contribution in [-0.2, 0) is 20.5 Å². The van der Waals surface area contributed by atoms with Crippen LogP contribution in [0.4, 0.5) is 13.2 Å². The second kappa shape index (κ2) is 7.05. The zero-order valence-corrected chi connectivity index (χ0v) is 11.4. The number of hydrogen-bond donors (Lipinski definition) is 0. The Morgan fingerprint density at radius 3 is 2.48 bits per heavy atom. The van der Waals surface area contributed by atoms with Crippen LogP contribution in [0, 0.1) is 5.92 Å². The molecule has 0 aliphatic carbocycles. The van der Waals surface area contributed by atoms with E-state index >= 15 is 0 Å². The molecule has 0 saturated heterocycles. The number of hydrogen-bond acceptors (Lipinski definition) is 5. The van der Waals surface area contributed by atoms with Crippen molar-refractivity contribution in [3.8, 4) is 5.88 Å². The lowest BCUT2D eigenvalue weighted by atomic mass is 10.1. The SMILES string of the molecule is CCOC(=O)C(CC)C(=O)Oc1ncccc1C(F)(F)F. The first-order valence-corrected chi connectivity index (χ1v) is 6.21. The predicted octanol–water partition coefficient (Wildman–Crippen LogP) is 2.60. The zero-order valence-electron chi connectivity index (χ0n) is 11.4. The first kappa shape index (κ1) is 16.9. The molecule has 1 aromatic rings. The quantitative estimate of drug-likeness (QED) is 0.618. The van der Waals surface area contributed by atoms with Crippen LogP contribution in [0.3, 0.4) is 0 Å². The number of rotatable bonds is 5. The van der Waals surface area contributed by atoms with Crippen LogP contribution in [0.1, 0.15) is 25.8 Å². The predicted molar refractivity (Wildman–Crippen MR) is 65.3 cm³/mol. The molecule has 21 heavy (non-hydrogen) atoms. The number of carbonyl (C=O) groups excluding carboxylic acids is 2. The Morgan fingerprint density at radius 1 is 1.29 bits per heavy atom. The highest BCUT2D eigenvalue weighted by atomic mass is 19.4.